The van der Waals surface area contributed by atoms with Crippen molar-refractivity contribution < 1.29 is 9.53 Å². The standard InChI is InChI=1S/C11H18N4O2/c1-7(2)8-5-10(15-14-8)13-11(16)9-6-12-3-4-17-9/h5,7,9,12H,3-4,6H2,1-2H3,(H2,13,14,15,16). The van der Waals surface area contributed by atoms with Gasteiger partial charge in [0.1, 0.15) is 6.10 Å². The molecule has 1 amide bonds. The van der Waals surface area contributed by atoms with Crippen LogP contribution in [-0.4, -0.2) is 41.9 Å². The molecule has 0 aliphatic carbocycles. The quantitative estimate of drug-likeness (QED) is 0.715. The molecule has 94 valence electrons. The van der Waals surface area contributed by atoms with E-state index in [4.69, 9.17) is 4.74 Å². The molecular formula is C11H18N4O2. The van der Waals surface area contributed by atoms with Crippen LogP contribution in [0.1, 0.15) is 25.5 Å². The first-order valence-corrected chi connectivity index (χ1v) is 5.85. The van der Waals surface area contributed by atoms with Gasteiger partial charge in [-0.3, -0.25) is 9.89 Å². The normalized spacial score (nSPS) is 20.5. The van der Waals surface area contributed by atoms with E-state index in [-0.39, 0.29) is 5.91 Å². The van der Waals surface area contributed by atoms with E-state index in [1.807, 2.05) is 6.07 Å². The molecule has 1 atom stereocenters. The third kappa shape index (κ3) is 3.04. The number of ether oxygens (including phenoxy) is 1. The molecule has 0 aromatic carbocycles. The number of anilines is 1. The van der Waals surface area contributed by atoms with Crippen molar-refractivity contribution in [1.82, 2.24) is 15.5 Å². The Morgan fingerprint density at radius 3 is 3.06 bits per heavy atom. The number of aromatic amines is 1. The summed E-state index contributed by atoms with van der Waals surface area (Å²) < 4.78 is 5.35. The summed E-state index contributed by atoms with van der Waals surface area (Å²) in [4.78, 5) is 11.8. The van der Waals surface area contributed by atoms with Crippen LogP contribution in [-0.2, 0) is 9.53 Å². The van der Waals surface area contributed by atoms with Crippen LogP contribution in [0.5, 0.6) is 0 Å². The Kier molecular flexibility index (Phi) is 3.75. The fraction of sp³-hybridized carbons (Fsp3) is 0.636. The maximum Gasteiger partial charge on any atom is 0.256 e. The first-order valence-electron chi connectivity index (χ1n) is 5.85. The van der Waals surface area contributed by atoms with Gasteiger partial charge in [0.25, 0.3) is 5.91 Å². The number of hydrogen-bond donors (Lipinski definition) is 3. The molecule has 1 aromatic rings. The Bertz CT molecular complexity index is 383. The lowest BCUT2D eigenvalue weighted by Gasteiger charge is -2.22. The number of carbonyl (C=O) groups excluding carboxylic acids is 1. The van der Waals surface area contributed by atoms with E-state index >= 15 is 0 Å². The van der Waals surface area contributed by atoms with Crippen molar-refractivity contribution in [3.63, 3.8) is 0 Å². The van der Waals surface area contributed by atoms with E-state index < -0.39 is 6.10 Å². The number of amides is 1. The number of H-pyrrole nitrogens is 1. The molecule has 17 heavy (non-hydrogen) atoms. The first kappa shape index (κ1) is 12.1. The molecule has 2 heterocycles. The highest BCUT2D eigenvalue weighted by Gasteiger charge is 2.22. The lowest BCUT2D eigenvalue weighted by Crippen LogP contribution is -2.45. The number of hydrogen-bond acceptors (Lipinski definition) is 4. The Balaban J connectivity index is 1.92. The predicted octanol–water partition coefficient (Wildman–Crippen LogP) is 0.460. The van der Waals surface area contributed by atoms with Gasteiger partial charge in [-0.25, -0.2) is 0 Å². The van der Waals surface area contributed by atoms with Gasteiger partial charge in [0.2, 0.25) is 0 Å². The molecular weight excluding hydrogens is 220 g/mol. The van der Waals surface area contributed by atoms with Crippen molar-refractivity contribution in [2.75, 3.05) is 25.0 Å². The van der Waals surface area contributed by atoms with Crippen LogP contribution in [0.25, 0.3) is 0 Å². The summed E-state index contributed by atoms with van der Waals surface area (Å²) in [5, 5.41) is 12.8. The zero-order valence-corrected chi connectivity index (χ0v) is 10.1. The molecule has 1 aliphatic heterocycles. The smallest absolute Gasteiger partial charge is 0.256 e. The van der Waals surface area contributed by atoms with Gasteiger partial charge in [-0.2, -0.15) is 5.10 Å². The maximum atomic E-state index is 11.8. The second-order valence-corrected chi connectivity index (χ2v) is 4.42. The van der Waals surface area contributed by atoms with Crippen LogP contribution in [0.15, 0.2) is 6.07 Å². The summed E-state index contributed by atoms with van der Waals surface area (Å²) in [6.07, 6.45) is -0.428. The van der Waals surface area contributed by atoms with Gasteiger partial charge in [-0.1, -0.05) is 13.8 Å². The molecule has 6 heteroatoms. The highest BCUT2D eigenvalue weighted by atomic mass is 16.5. The lowest BCUT2D eigenvalue weighted by atomic mass is 10.1. The third-order valence-electron chi connectivity index (χ3n) is 2.69. The fourth-order valence-electron chi connectivity index (χ4n) is 1.64. The third-order valence-corrected chi connectivity index (χ3v) is 2.69. The largest absolute Gasteiger partial charge is 0.366 e. The molecule has 1 fully saturated rings. The minimum Gasteiger partial charge on any atom is -0.366 e. The van der Waals surface area contributed by atoms with Crippen molar-refractivity contribution in [2.24, 2.45) is 0 Å². The average molecular weight is 238 g/mol. The van der Waals surface area contributed by atoms with Crippen LogP contribution in [0, 0.1) is 0 Å². The summed E-state index contributed by atoms with van der Waals surface area (Å²) in [5.74, 6) is 0.757. The molecule has 1 unspecified atom stereocenters. The SMILES string of the molecule is CC(C)c1cc(NC(=O)C2CNCCO2)n[nH]1. The van der Waals surface area contributed by atoms with E-state index in [1.165, 1.54) is 0 Å². The van der Waals surface area contributed by atoms with Gasteiger partial charge in [-0.05, 0) is 5.92 Å². The molecule has 1 saturated heterocycles. The van der Waals surface area contributed by atoms with Crippen LogP contribution < -0.4 is 10.6 Å². The van der Waals surface area contributed by atoms with Gasteiger partial charge in [0.15, 0.2) is 5.82 Å². The molecule has 3 N–H and O–H groups in total. The lowest BCUT2D eigenvalue weighted by molar-refractivity contribution is -0.128. The van der Waals surface area contributed by atoms with Crippen molar-refractivity contribution in [3.05, 3.63) is 11.8 Å². The second-order valence-electron chi connectivity index (χ2n) is 4.42. The van der Waals surface area contributed by atoms with Gasteiger partial charge in [0, 0.05) is 24.8 Å². The number of carbonyl (C=O) groups is 1. The van der Waals surface area contributed by atoms with E-state index in [1.54, 1.807) is 0 Å². The van der Waals surface area contributed by atoms with Gasteiger partial charge < -0.3 is 15.4 Å². The van der Waals surface area contributed by atoms with E-state index in [9.17, 15) is 4.79 Å². The molecule has 0 bridgehead atoms. The van der Waals surface area contributed by atoms with E-state index in [0.29, 0.717) is 24.9 Å². The molecule has 0 radical (unpaired) electrons. The Morgan fingerprint density at radius 1 is 1.65 bits per heavy atom. The number of nitrogens with zero attached hydrogens (tertiary/aromatic N) is 1. The van der Waals surface area contributed by atoms with Crippen LogP contribution in [0.4, 0.5) is 5.82 Å². The van der Waals surface area contributed by atoms with Gasteiger partial charge >= 0.3 is 0 Å². The summed E-state index contributed by atoms with van der Waals surface area (Å²) in [5.41, 5.74) is 1.00. The van der Waals surface area contributed by atoms with Crippen molar-refractivity contribution >= 4 is 11.7 Å². The molecule has 0 saturated carbocycles. The number of morpholine rings is 1. The van der Waals surface area contributed by atoms with Crippen LogP contribution >= 0.6 is 0 Å². The van der Waals surface area contributed by atoms with Gasteiger partial charge in [-0.15, -0.1) is 0 Å². The zero-order valence-electron chi connectivity index (χ0n) is 10.1. The maximum absolute atomic E-state index is 11.8. The predicted molar refractivity (Wildman–Crippen MR) is 63.9 cm³/mol. The highest BCUT2D eigenvalue weighted by Crippen LogP contribution is 2.15. The Labute approximate surface area is 100 Å². The molecule has 1 aromatic heterocycles. The first-order chi connectivity index (χ1) is 8.16. The molecule has 1 aliphatic rings. The number of aromatic nitrogens is 2. The minimum atomic E-state index is -0.428. The van der Waals surface area contributed by atoms with Crippen LogP contribution in [0.2, 0.25) is 0 Å². The van der Waals surface area contributed by atoms with Gasteiger partial charge in [0.05, 0.1) is 6.61 Å². The number of nitrogens with one attached hydrogen (secondary N) is 3. The highest BCUT2D eigenvalue weighted by molar-refractivity contribution is 5.93. The average Bonchev–Trinajstić information content (AvgIpc) is 2.79. The molecule has 6 nitrogen and oxygen atoms in total. The zero-order chi connectivity index (χ0) is 12.3. The topological polar surface area (TPSA) is 79.0 Å². The number of rotatable bonds is 3. The monoisotopic (exact) mass is 238 g/mol. The molecule has 0 spiro atoms. The van der Waals surface area contributed by atoms with Crippen LogP contribution in [0.3, 0.4) is 0 Å². The van der Waals surface area contributed by atoms with Crippen molar-refractivity contribution in [1.29, 1.82) is 0 Å². The minimum absolute atomic E-state index is 0.154. The summed E-state index contributed by atoms with van der Waals surface area (Å²) in [7, 11) is 0. The van der Waals surface area contributed by atoms with E-state index in [0.717, 1.165) is 12.2 Å². The van der Waals surface area contributed by atoms with Crippen molar-refractivity contribution in [2.45, 2.75) is 25.9 Å². The second kappa shape index (κ2) is 5.29. The Hall–Kier alpha value is -1.40. The molecule has 2 rings (SSSR count). The summed E-state index contributed by atoms with van der Waals surface area (Å²) in [6, 6.07) is 1.85. The van der Waals surface area contributed by atoms with E-state index in [2.05, 4.69) is 34.7 Å². The Morgan fingerprint density at radius 2 is 2.47 bits per heavy atom. The fourth-order valence-corrected chi connectivity index (χ4v) is 1.64. The summed E-state index contributed by atoms with van der Waals surface area (Å²) in [6.45, 7) is 6.04. The van der Waals surface area contributed by atoms with Crippen molar-refractivity contribution in [3.8, 4) is 0 Å². The summed E-state index contributed by atoms with van der Waals surface area (Å²) >= 11 is 0.